The fourth-order valence-electron chi connectivity index (χ4n) is 8.55. The van der Waals surface area contributed by atoms with Crippen LogP contribution < -0.4 is 0 Å². The van der Waals surface area contributed by atoms with Crippen molar-refractivity contribution in [2.24, 2.45) is 23.2 Å². The minimum Gasteiger partial charge on any atom is -0.462 e. The molecule has 2 saturated carbocycles. The summed E-state index contributed by atoms with van der Waals surface area (Å²) in [7, 11) is 0. The molecule has 0 N–H and O–H groups in total. The highest BCUT2D eigenvalue weighted by atomic mass is 19.1. The summed E-state index contributed by atoms with van der Waals surface area (Å²) in [4.78, 5) is 17.9. The second-order valence-corrected chi connectivity index (χ2v) is 12.9. The van der Waals surface area contributed by atoms with Gasteiger partial charge in [-0.2, -0.15) is 0 Å². The number of piperazine rings is 1. The van der Waals surface area contributed by atoms with E-state index in [9.17, 15) is 13.6 Å². The molecule has 3 aliphatic heterocycles. The van der Waals surface area contributed by atoms with Crippen molar-refractivity contribution < 1.29 is 23.0 Å². The molecule has 39 heavy (non-hydrogen) atoms. The number of rotatable bonds is 5. The summed E-state index contributed by atoms with van der Waals surface area (Å²) in [6, 6.07) is 13.2. The molecule has 7 heteroatoms. The minimum atomic E-state index is -0.265. The molecule has 5 fully saturated rings. The molecule has 208 valence electrons. The van der Waals surface area contributed by atoms with Gasteiger partial charge in [-0.1, -0.05) is 31.2 Å². The highest BCUT2D eigenvalue weighted by molar-refractivity contribution is 5.75. The third-order valence-electron chi connectivity index (χ3n) is 10.7. The Morgan fingerprint density at radius 2 is 1.56 bits per heavy atom. The molecule has 3 heterocycles. The molecular formula is C32H38F2N2O3. The third-order valence-corrected chi connectivity index (χ3v) is 10.7. The van der Waals surface area contributed by atoms with E-state index in [0.29, 0.717) is 5.92 Å². The molecule has 7 rings (SSSR count). The van der Waals surface area contributed by atoms with Crippen LogP contribution >= 0.6 is 0 Å². The van der Waals surface area contributed by atoms with Gasteiger partial charge in [0.25, 0.3) is 0 Å². The Balaban J connectivity index is 1.04. The number of ether oxygens (including phenoxy) is 2. The highest BCUT2D eigenvalue weighted by Crippen LogP contribution is 2.62. The first-order valence-corrected chi connectivity index (χ1v) is 14.7. The molecule has 0 bridgehead atoms. The average molecular weight is 537 g/mol. The lowest BCUT2D eigenvalue weighted by atomic mass is 9.53. The Morgan fingerprint density at radius 3 is 2.15 bits per heavy atom. The number of carbonyl (C=O) groups is 1. The van der Waals surface area contributed by atoms with Gasteiger partial charge in [-0.15, -0.1) is 0 Å². The number of carbonyl (C=O) groups excluding carboxylic acids is 1. The van der Waals surface area contributed by atoms with Gasteiger partial charge in [0.05, 0.1) is 24.2 Å². The van der Waals surface area contributed by atoms with Crippen LogP contribution in [0, 0.1) is 34.8 Å². The lowest BCUT2D eigenvalue weighted by Gasteiger charge is -2.51. The van der Waals surface area contributed by atoms with Crippen LogP contribution in [0.4, 0.5) is 8.78 Å². The van der Waals surface area contributed by atoms with Gasteiger partial charge in [-0.25, -0.2) is 8.78 Å². The summed E-state index contributed by atoms with van der Waals surface area (Å²) < 4.78 is 39.5. The first-order chi connectivity index (χ1) is 18.8. The Labute approximate surface area is 229 Å². The van der Waals surface area contributed by atoms with Crippen LogP contribution in [-0.2, 0) is 14.3 Å². The molecule has 0 radical (unpaired) electrons. The number of esters is 1. The lowest BCUT2D eigenvalue weighted by Crippen LogP contribution is -2.52. The quantitative estimate of drug-likeness (QED) is 0.388. The predicted molar refractivity (Wildman–Crippen MR) is 143 cm³/mol. The van der Waals surface area contributed by atoms with E-state index in [1.165, 1.54) is 37.1 Å². The van der Waals surface area contributed by atoms with Crippen molar-refractivity contribution in [3.63, 3.8) is 0 Å². The van der Waals surface area contributed by atoms with Crippen LogP contribution in [0.2, 0.25) is 0 Å². The number of hydrogen-bond acceptors (Lipinski definition) is 5. The van der Waals surface area contributed by atoms with Crippen molar-refractivity contribution in [3.05, 3.63) is 71.3 Å². The van der Waals surface area contributed by atoms with Crippen LogP contribution in [0.3, 0.4) is 0 Å². The van der Waals surface area contributed by atoms with Gasteiger partial charge in [0.2, 0.25) is 0 Å². The first kappa shape index (κ1) is 25.6. The van der Waals surface area contributed by atoms with Crippen LogP contribution in [0.5, 0.6) is 0 Å². The number of benzene rings is 2. The fraction of sp³-hybridized carbons (Fsp3) is 0.594. The molecule has 5 nitrogen and oxygen atoms in total. The molecule has 3 saturated heterocycles. The molecule has 6 atom stereocenters. The van der Waals surface area contributed by atoms with E-state index in [1.807, 2.05) is 24.3 Å². The Hall–Kier alpha value is -2.35. The maximum atomic E-state index is 13.7. The Bertz CT molecular complexity index is 1160. The number of nitrogens with zero attached hydrogens (tertiary/aromatic N) is 2. The number of hydrogen-bond donors (Lipinski definition) is 0. The predicted octanol–water partition coefficient (Wildman–Crippen LogP) is 5.20. The molecule has 1 spiro atoms. The smallest absolute Gasteiger partial charge is 0.310 e. The largest absolute Gasteiger partial charge is 0.462 e. The van der Waals surface area contributed by atoms with E-state index >= 15 is 0 Å². The van der Waals surface area contributed by atoms with Crippen LogP contribution in [-0.4, -0.2) is 66.8 Å². The van der Waals surface area contributed by atoms with E-state index in [0.717, 1.165) is 69.7 Å². The van der Waals surface area contributed by atoms with Gasteiger partial charge in [0.15, 0.2) is 0 Å². The molecule has 0 aromatic heterocycles. The van der Waals surface area contributed by atoms with Crippen molar-refractivity contribution in [2.45, 2.75) is 56.8 Å². The fourth-order valence-corrected chi connectivity index (χ4v) is 8.55. The van der Waals surface area contributed by atoms with Gasteiger partial charge in [-0.05, 0) is 78.8 Å². The first-order valence-electron chi connectivity index (χ1n) is 14.7. The van der Waals surface area contributed by atoms with Crippen LogP contribution in [0.15, 0.2) is 48.5 Å². The Kier molecular flexibility index (Phi) is 6.33. The summed E-state index contributed by atoms with van der Waals surface area (Å²) in [5.41, 5.74) is 2.27. The molecule has 0 amide bonds. The van der Waals surface area contributed by atoms with E-state index in [4.69, 9.17) is 9.47 Å². The minimum absolute atomic E-state index is 0.0176. The number of epoxide rings is 1. The topological polar surface area (TPSA) is 45.3 Å². The maximum Gasteiger partial charge on any atom is 0.310 e. The molecule has 5 aliphatic rings. The highest BCUT2D eigenvalue weighted by Gasteiger charge is 2.65. The second kappa shape index (κ2) is 9.64. The number of halogens is 2. The third kappa shape index (κ3) is 4.60. The summed E-state index contributed by atoms with van der Waals surface area (Å²) in [5, 5.41) is 0. The Morgan fingerprint density at radius 1 is 0.949 bits per heavy atom. The average Bonchev–Trinajstić information content (AvgIpc) is 3.63. The zero-order chi connectivity index (χ0) is 26.8. The van der Waals surface area contributed by atoms with E-state index in [-0.39, 0.29) is 52.6 Å². The SMILES string of the molecule is C[C@]12CCC[C@@]3(CO3)[C@@H]1C[C@@H]1[C@H](CN3CCN(C(c4ccc(F)cc4)c4ccc(F)cc4)CC3)C(=O)O[C@@H]1C2. The lowest BCUT2D eigenvalue weighted by molar-refractivity contribution is -0.147. The number of fused-ring (bicyclic) bond motifs is 3. The molecule has 2 aromatic carbocycles. The van der Waals surface area contributed by atoms with E-state index in [1.54, 1.807) is 0 Å². The summed E-state index contributed by atoms with van der Waals surface area (Å²) in [6.07, 6.45) is 5.63. The molecular weight excluding hydrogens is 498 g/mol. The van der Waals surface area contributed by atoms with Gasteiger partial charge in [-0.3, -0.25) is 14.6 Å². The monoisotopic (exact) mass is 536 g/mol. The van der Waals surface area contributed by atoms with Gasteiger partial charge in [0.1, 0.15) is 17.7 Å². The summed E-state index contributed by atoms with van der Waals surface area (Å²) in [5.74, 6) is 0.182. The maximum absolute atomic E-state index is 13.7. The van der Waals surface area contributed by atoms with Crippen molar-refractivity contribution in [2.75, 3.05) is 39.3 Å². The molecule has 2 aliphatic carbocycles. The van der Waals surface area contributed by atoms with Crippen molar-refractivity contribution >= 4 is 5.97 Å². The normalized spacial score (nSPS) is 36.6. The van der Waals surface area contributed by atoms with E-state index < -0.39 is 0 Å². The van der Waals surface area contributed by atoms with Crippen LogP contribution in [0.1, 0.15) is 56.2 Å². The van der Waals surface area contributed by atoms with Gasteiger partial charge < -0.3 is 9.47 Å². The zero-order valence-electron chi connectivity index (χ0n) is 22.7. The second-order valence-electron chi connectivity index (χ2n) is 12.9. The van der Waals surface area contributed by atoms with Crippen molar-refractivity contribution in [3.8, 4) is 0 Å². The molecule has 2 aromatic rings. The van der Waals surface area contributed by atoms with Gasteiger partial charge >= 0.3 is 5.97 Å². The van der Waals surface area contributed by atoms with Crippen molar-refractivity contribution in [1.82, 2.24) is 9.80 Å². The zero-order valence-corrected chi connectivity index (χ0v) is 22.7. The molecule has 0 unspecified atom stereocenters. The standard InChI is InChI=1S/C32H38F2N2O3/c1-31-11-2-12-32(20-38-32)28(31)17-25-26(30(37)39-27(25)18-31)19-35-13-15-36(16-14-35)29(21-3-7-23(33)8-4-21)22-5-9-24(34)10-6-22/h3-10,25-29H,2,11-20H2,1H3/t25-,26+,27-,28-,31-,32-/m1/s1. The van der Waals surface area contributed by atoms with Gasteiger partial charge in [0, 0.05) is 38.6 Å². The van der Waals surface area contributed by atoms with Crippen LogP contribution in [0.25, 0.3) is 0 Å². The summed E-state index contributed by atoms with van der Waals surface area (Å²) in [6.45, 7) is 7.33. The van der Waals surface area contributed by atoms with Crippen molar-refractivity contribution in [1.29, 1.82) is 0 Å². The summed E-state index contributed by atoms with van der Waals surface area (Å²) >= 11 is 0. The van der Waals surface area contributed by atoms with E-state index in [2.05, 4.69) is 16.7 Å².